The number of thioether (sulfide) groups is 1. The van der Waals surface area contributed by atoms with Crippen LogP contribution in [0.5, 0.6) is 0 Å². The maximum atomic E-state index is 13.1. The number of aliphatic hydroxyl groups is 1. The van der Waals surface area contributed by atoms with Crippen molar-refractivity contribution < 1.29 is 29.4 Å². The Balaban J connectivity index is 2.23. The fraction of sp³-hybridized carbons (Fsp3) is 0.455. The number of aromatic amines is 1. The minimum atomic E-state index is -1.22. The van der Waals surface area contributed by atoms with Crippen molar-refractivity contribution in [1.29, 1.82) is 0 Å². The molecule has 12 heteroatoms. The highest BCUT2D eigenvalue weighted by Gasteiger charge is 2.29. The van der Waals surface area contributed by atoms with Crippen molar-refractivity contribution in [2.75, 3.05) is 18.6 Å². The van der Waals surface area contributed by atoms with Gasteiger partial charge in [-0.3, -0.25) is 19.2 Å². The molecule has 0 spiro atoms. The van der Waals surface area contributed by atoms with E-state index in [0.717, 1.165) is 16.5 Å². The van der Waals surface area contributed by atoms with Gasteiger partial charge in [0, 0.05) is 23.5 Å². The Hall–Kier alpha value is -3.09. The van der Waals surface area contributed by atoms with Gasteiger partial charge in [-0.15, -0.1) is 0 Å². The van der Waals surface area contributed by atoms with Crippen molar-refractivity contribution in [2.24, 2.45) is 5.73 Å². The van der Waals surface area contributed by atoms with Crippen molar-refractivity contribution in [3.63, 3.8) is 0 Å². The zero-order chi connectivity index (χ0) is 25.3. The zero-order valence-corrected chi connectivity index (χ0v) is 19.9. The molecule has 4 unspecified atom stereocenters. The SMILES string of the molecule is CSCCC(NC(=O)C(N)C(C)O)C(=O)NC(Cc1c[nH]c2ccccc12)C(=O)NCC(=O)O. The van der Waals surface area contributed by atoms with Gasteiger partial charge in [-0.25, -0.2) is 0 Å². The lowest BCUT2D eigenvalue weighted by molar-refractivity contribution is -0.138. The van der Waals surface area contributed by atoms with Gasteiger partial charge in [-0.2, -0.15) is 11.8 Å². The second-order valence-corrected chi connectivity index (χ2v) is 8.83. The topological polar surface area (TPSA) is 187 Å². The number of carbonyl (C=O) groups is 4. The minimum absolute atomic E-state index is 0.0948. The molecule has 1 aromatic carbocycles. The van der Waals surface area contributed by atoms with Crippen molar-refractivity contribution in [3.05, 3.63) is 36.0 Å². The van der Waals surface area contributed by atoms with E-state index in [4.69, 9.17) is 10.8 Å². The normalized spacial score (nSPS) is 14.6. The highest BCUT2D eigenvalue weighted by atomic mass is 32.2. The maximum Gasteiger partial charge on any atom is 0.322 e. The van der Waals surface area contributed by atoms with Gasteiger partial charge in [0.1, 0.15) is 24.7 Å². The van der Waals surface area contributed by atoms with Gasteiger partial charge in [0.25, 0.3) is 0 Å². The maximum absolute atomic E-state index is 13.1. The molecule has 0 aliphatic carbocycles. The number of aliphatic carboxylic acids is 1. The summed E-state index contributed by atoms with van der Waals surface area (Å²) in [6.07, 6.45) is 2.82. The molecular formula is C22H31N5O6S. The number of hydrogen-bond donors (Lipinski definition) is 7. The van der Waals surface area contributed by atoms with Crippen LogP contribution in [0.25, 0.3) is 10.9 Å². The van der Waals surface area contributed by atoms with Gasteiger partial charge in [0.15, 0.2) is 0 Å². The number of carbonyl (C=O) groups excluding carboxylic acids is 3. The molecule has 1 heterocycles. The molecule has 2 rings (SSSR count). The van der Waals surface area contributed by atoms with Crippen LogP contribution in [-0.2, 0) is 25.6 Å². The molecule has 0 aliphatic heterocycles. The number of fused-ring (bicyclic) bond motifs is 1. The van der Waals surface area contributed by atoms with Crippen LogP contribution in [-0.4, -0.2) is 81.7 Å². The Bertz CT molecular complexity index is 1010. The molecule has 4 atom stereocenters. The first kappa shape index (κ1) is 27.2. The highest BCUT2D eigenvalue weighted by molar-refractivity contribution is 7.98. The van der Waals surface area contributed by atoms with Crippen LogP contribution in [0.2, 0.25) is 0 Å². The lowest BCUT2D eigenvalue weighted by Gasteiger charge is -2.24. The standard InChI is InChI=1S/C22H31N5O6S/c1-12(28)19(23)22(33)26-16(7-8-34-2)21(32)27-17(20(31)25-11-18(29)30)9-13-10-24-15-6-4-3-5-14(13)15/h3-6,10,12,16-17,19,24,28H,7-9,11,23H2,1-2H3,(H,25,31)(H,26,33)(H,27,32)(H,29,30). The van der Waals surface area contributed by atoms with Crippen LogP contribution in [0.1, 0.15) is 18.9 Å². The first-order valence-corrected chi connectivity index (χ1v) is 12.1. The third-order valence-corrected chi connectivity index (χ3v) is 5.86. The lowest BCUT2D eigenvalue weighted by Crippen LogP contribution is -2.57. The number of H-pyrrole nitrogens is 1. The van der Waals surface area contributed by atoms with Gasteiger partial charge in [0.2, 0.25) is 17.7 Å². The number of nitrogens with two attached hydrogens (primary N) is 1. The summed E-state index contributed by atoms with van der Waals surface area (Å²) >= 11 is 1.47. The smallest absolute Gasteiger partial charge is 0.322 e. The summed E-state index contributed by atoms with van der Waals surface area (Å²) in [7, 11) is 0. The van der Waals surface area contributed by atoms with E-state index < -0.39 is 54.5 Å². The molecule has 0 saturated heterocycles. The molecule has 0 bridgehead atoms. The Morgan fingerprint density at radius 2 is 1.76 bits per heavy atom. The van der Waals surface area contributed by atoms with Gasteiger partial charge in [-0.05, 0) is 37.0 Å². The van der Waals surface area contributed by atoms with Crippen LogP contribution in [0, 0.1) is 0 Å². The number of nitrogens with one attached hydrogen (secondary N) is 4. The Labute approximate surface area is 201 Å². The van der Waals surface area contributed by atoms with E-state index in [-0.39, 0.29) is 12.8 Å². The molecule has 1 aromatic heterocycles. The molecule has 11 nitrogen and oxygen atoms in total. The molecule has 0 radical (unpaired) electrons. The number of aromatic nitrogens is 1. The van der Waals surface area contributed by atoms with Gasteiger partial charge in [-0.1, -0.05) is 18.2 Å². The summed E-state index contributed by atoms with van der Waals surface area (Å²) in [5.41, 5.74) is 7.28. The summed E-state index contributed by atoms with van der Waals surface area (Å²) in [5, 5.41) is 26.8. The van der Waals surface area contributed by atoms with E-state index in [2.05, 4.69) is 20.9 Å². The quantitative estimate of drug-likeness (QED) is 0.192. The molecule has 0 fully saturated rings. The van der Waals surface area contributed by atoms with Crippen molar-refractivity contribution >= 4 is 46.4 Å². The molecular weight excluding hydrogens is 462 g/mol. The fourth-order valence-electron chi connectivity index (χ4n) is 3.28. The molecule has 0 aliphatic rings. The van der Waals surface area contributed by atoms with Crippen molar-refractivity contribution in [3.8, 4) is 0 Å². The highest BCUT2D eigenvalue weighted by Crippen LogP contribution is 2.19. The molecule has 186 valence electrons. The summed E-state index contributed by atoms with van der Waals surface area (Å²) < 4.78 is 0. The number of rotatable bonds is 13. The number of aliphatic hydroxyl groups excluding tert-OH is 1. The average molecular weight is 494 g/mol. The summed E-state index contributed by atoms with van der Waals surface area (Å²) in [6, 6.07) is 4.14. The second-order valence-electron chi connectivity index (χ2n) is 7.85. The Morgan fingerprint density at radius 3 is 2.41 bits per heavy atom. The molecule has 0 saturated carbocycles. The molecule has 3 amide bonds. The van der Waals surface area contributed by atoms with Crippen LogP contribution >= 0.6 is 11.8 Å². The predicted octanol–water partition coefficient (Wildman–Crippen LogP) is -0.658. The Morgan fingerprint density at radius 1 is 1.09 bits per heavy atom. The number of amides is 3. The average Bonchev–Trinajstić information content (AvgIpc) is 3.21. The first-order valence-electron chi connectivity index (χ1n) is 10.7. The first-order chi connectivity index (χ1) is 16.1. The predicted molar refractivity (Wildman–Crippen MR) is 129 cm³/mol. The summed E-state index contributed by atoms with van der Waals surface area (Å²) in [4.78, 5) is 52.2. The zero-order valence-electron chi connectivity index (χ0n) is 19.0. The summed E-state index contributed by atoms with van der Waals surface area (Å²) in [5.74, 6) is -2.66. The van der Waals surface area contributed by atoms with Gasteiger partial charge < -0.3 is 36.9 Å². The van der Waals surface area contributed by atoms with E-state index in [1.807, 2.05) is 30.5 Å². The largest absolute Gasteiger partial charge is 0.480 e. The van der Waals surface area contributed by atoms with Crippen LogP contribution in [0.15, 0.2) is 30.5 Å². The number of hydrogen-bond acceptors (Lipinski definition) is 7. The fourth-order valence-corrected chi connectivity index (χ4v) is 3.75. The number of carboxylic acid groups (broad SMARTS) is 1. The van der Waals surface area contributed by atoms with Gasteiger partial charge >= 0.3 is 5.97 Å². The third kappa shape index (κ3) is 7.75. The molecule has 34 heavy (non-hydrogen) atoms. The third-order valence-electron chi connectivity index (χ3n) is 5.21. The summed E-state index contributed by atoms with van der Waals surface area (Å²) in [6.45, 7) is 0.764. The van der Waals surface area contributed by atoms with E-state index in [1.54, 1.807) is 6.20 Å². The Kier molecular flexibility index (Phi) is 10.4. The van der Waals surface area contributed by atoms with Crippen LogP contribution in [0.4, 0.5) is 0 Å². The van der Waals surface area contributed by atoms with E-state index in [1.165, 1.54) is 18.7 Å². The van der Waals surface area contributed by atoms with E-state index in [0.29, 0.717) is 5.75 Å². The molecule has 8 N–H and O–H groups in total. The van der Waals surface area contributed by atoms with Crippen molar-refractivity contribution in [1.82, 2.24) is 20.9 Å². The van der Waals surface area contributed by atoms with Gasteiger partial charge in [0.05, 0.1) is 6.10 Å². The monoisotopic (exact) mass is 493 g/mol. The second kappa shape index (κ2) is 13.0. The van der Waals surface area contributed by atoms with Crippen LogP contribution in [0.3, 0.4) is 0 Å². The number of para-hydroxylation sites is 1. The molecule has 2 aromatic rings. The lowest BCUT2D eigenvalue weighted by atomic mass is 10.0. The van der Waals surface area contributed by atoms with Crippen molar-refractivity contribution in [2.45, 2.75) is 44.0 Å². The van der Waals surface area contributed by atoms with E-state index in [9.17, 15) is 24.3 Å². The van der Waals surface area contributed by atoms with Crippen LogP contribution < -0.4 is 21.7 Å². The minimum Gasteiger partial charge on any atom is -0.480 e. The van der Waals surface area contributed by atoms with E-state index >= 15 is 0 Å². The number of benzene rings is 1. The number of carboxylic acids is 1.